The molecule has 1 saturated heterocycles. The third-order valence-electron chi connectivity index (χ3n) is 6.15. The monoisotopic (exact) mass is 529 g/mol. The Morgan fingerprint density at radius 2 is 1.88 bits per heavy atom. The standard InChI is InChI=1S/C23H24BrN5O3S/c1-33(30,31)28-10-8-15(9-11-28)14-32-23-20(24)21(25)29-22(27-23)19(13-26-29)18-7-6-16-4-2-3-5-17(16)12-18/h2-7,12-13,15H,8-11,14,25H2,1H3. The highest BCUT2D eigenvalue weighted by Crippen LogP contribution is 2.35. The van der Waals surface area contributed by atoms with Crippen LogP contribution in [0.3, 0.4) is 0 Å². The molecule has 0 aliphatic carbocycles. The van der Waals surface area contributed by atoms with Crippen LogP contribution in [0.15, 0.2) is 53.1 Å². The molecule has 1 aliphatic heterocycles. The van der Waals surface area contributed by atoms with Crippen LogP contribution in [0.5, 0.6) is 5.88 Å². The molecule has 0 amide bonds. The molecule has 10 heteroatoms. The molecule has 8 nitrogen and oxygen atoms in total. The number of aromatic nitrogens is 3. The summed E-state index contributed by atoms with van der Waals surface area (Å²) in [6, 6.07) is 14.4. The number of piperidine rings is 1. The zero-order chi connectivity index (χ0) is 23.2. The molecule has 2 aromatic heterocycles. The number of fused-ring (bicyclic) bond motifs is 2. The lowest BCUT2D eigenvalue weighted by atomic mass is 9.99. The predicted molar refractivity (Wildman–Crippen MR) is 133 cm³/mol. The third kappa shape index (κ3) is 4.30. The van der Waals surface area contributed by atoms with Crippen LogP contribution < -0.4 is 10.5 Å². The Kier molecular flexibility index (Phi) is 5.75. The Morgan fingerprint density at radius 3 is 2.61 bits per heavy atom. The highest BCUT2D eigenvalue weighted by molar-refractivity contribution is 9.10. The summed E-state index contributed by atoms with van der Waals surface area (Å²) in [5.74, 6) is 1.07. The van der Waals surface area contributed by atoms with Crippen molar-refractivity contribution in [1.29, 1.82) is 0 Å². The number of hydrogen-bond donors (Lipinski definition) is 1. The van der Waals surface area contributed by atoms with Gasteiger partial charge in [0.1, 0.15) is 10.3 Å². The van der Waals surface area contributed by atoms with E-state index in [1.54, 1.807) is 10.7 Å². The number of nitrogen functional groups attached to an aromatic ring is 1. The number of halogens is 1. The second kappa shape index (κ2) is 8.58. The van der Waals surface area contributed by atoms with E-state index in [9.17, 15) is 8.42 Å². The zero-order valence-corrected chi connectivity index (χ0v) is 20.5. The van der Waals surface area contributed by atoms with Crippen molar-refractivity contribution >= 4 is 48.2 Å². The molecule has 0 saturated carbocycles. The molecule has 4 aromatic rings. The van der Waals surface area contributed by atoms with Crippen LogP contribution in [-0.2, 0) is 10.0 Å². The molecule has 1 aliphatic rings. The van der Waals surface area contributed by atoms with Gasteiger partial charge in [-0.25, -0.2) is 12.7 Å². The average Bonchev–Trinajstić information content (AvgIpc) is 3.24. The number of ether oxygens (including phenoxy) is 1. The van der Waals surface area contributed by atoms with E-state index in [2.05, 4.69) is 51.4 Å². The largest absolute Gasteiger partial charge is 0.476 e. The van der Waals surface area contributed by atoms with Crippen LogP contribution in [0, 0.1) is 5.92 Å². The Morgan fingerprint density at radius 1 is 1.15 bits per heavy atom. The van der Waals surface area contributed by atoms with Crippen molar-refractivity contribution in [3.63, 3.8) is 0 Å². The number of sulfonamides is 1. The second-order valence-corrected chi connectivity index (χ2v) is 11.2. The van der Waals surface area contributed by atoms with Gasteiger partial charge in [-0.1, -0.05) is 36.4 Å². The quantitative estimate of drug-likeness (QED) is 0.419. The minimum atomic E-state index is -3.15. The first-order valence-corrected chi connectivity index (χ1v) is 13.3. The summed E-state index contributed by atoms with van der Waals surface area (Å²) in [4.78, 5) is 4.74. The number of hydrogen-bond acceptors (Lipinski definition) is 6. The Balaban J connectivity index is 1.41. The molecule has 2 aromatic carbocycles. The van der Waals surface area contributed by atoms with E-state index in [1.165, 1.54) is 15.9 Å². The van der Waals surface area contributed by atoms with E-state index in [-0.39, 0.29) is 5.92 Å². The van der Waals surface area contributed by atoms with Gasteiger partial charge in [0.15, 0.2) is 5.65 Å². The fraction of sp³-hybridized carbons (Fsp3) is 0.304. The summed E-state index contributed by atoms with van der Waals surface area (Å²) < 4.78 is 33.2. The van der Waals surface area contributed by atoms with Crippen LogP contribution >= 0.6 is 15.9 Å². The molecule has 0 bridgehead atoms. The zero-order valence-electron chi connectivity index (χ0n) is 18.1. The molecule has 2 N–H and O–H groups in total. The number of anilines is 1. The number of nitrogens with two attached hydrogens (primary N) is 1. The number of rotatable bonds is 5. The van der Waals surface area contributed by atoms with Crippen molar-refractivity contribution in [2.75, 3.05) is 31.7 Å². The highest BCUT2D eigenvalue weighted by atomic mass is 79.9. The lowest BCUT2D eigenvalue weighted by Gasteiger charge is -2.30. The second-order valence-electron chi connectivity index (χ2n) is 8.39. The van der Waals surface area contributed by atoms with Crippen molar-refractivity contribution < 1.29 is 13.2 Å². The highest BCUT2D eigenvalue weighted by Gasteiger charge is 2.26. The predicted octanol–water partition coefficient (Wildman–Crippen LogP) is 3.94. The smallest absolute Gasteiger partial charge is 0.233 e. The van der Waals surface area contributed by atoms with Gasteiger partial charge in [0.25, 0.3) is 0 Å². The van der Waals surface area contributed by atoms with Gasteiger partial charge in [0.05, 0.1) is 19.1 Å². The van der Waals surface area contributed by atoms with Gasteiger partial charge in [-0.3, -0.25) is 0 Å². The minimum Gasteiger partial charge on any atom is -0.476 e. The maximum atomic E-state index is 11.7. The van der Waals surface area contributed by atoms with Crippen molar-refractivity contribution in [2.24, 2.45) is 5.92 Å². The Bertz CT molecular complexity index is 1450. The summed E-state index contributed by atoms with van der Waals surface area (Å²) >= 11 is 3.50. The number of nitrogens with zero attached hydrogens (tertiary/aromatic N) is 4. The minimum absolute atomic E-state index is 0.249. The van der Waals surface area contributed by atoms with Crippen LogP contribution in [0.4, 0.5) is 5.82 Å². The van der Waals surface area contributed by atoms with Gasteiger partial charge in [-0.2, -0.15) is 14.6 Å². The van der Waals surface area contributed by atoms with Gasteiger partial charge < -0.3 is 10.5 Å². The molecular weight excluding hydrogens is 506 g/mol. The van der Waals surface area contributed by atoms with Crippen LogP contribution in [-0.4, -0.2) is 53.3 Å². The van der Waals surface area contributed by atoms with E-state index < -0.39 is 10.0 Å². The van der Waals surface area contributed by atoms with Gasteiger partial charge in [-0.15, -0.1) is 0 Å². The normalized spacial score (nSPS) is 15.9. The average molecular weight is 530 g/mol. The summed E-state index contributed by atoms with van der Waals surface area (Å²) in [6.07, 6.45) is 4.51. The van der Waals surface area contributed by atoms with E-state index in [0.717, 1.165) is 29.4 Å². The first-order valence-electron chi connectivity index (χ1n) is 10.7. The van der Waals surface area contributed by atoms with Gasteiger partial charge in [-0.05, 0) is 57.1 Å². The van der Waals surface area contributed by atoms with Crippen LogP contribution in [0.1, 0.15) is 12.8 Å². The summed E-state index contributed by atoms with van der Waals surface area (Å²) in [5.41, 5.74) is 8.82. The third-order valence-corrected chi connectivity index (χ3v) is 8.20. The van der Waals surface area contributed by atoms with Crippen LogP contribution in [0.2, 0.25) is 0 Å². The first-order chi connectivity index (χ1) is 15.8. The maximum absolute atomic E-state index is 11.7. The lowest BCUT2D eigenvalue weighted by Crippen LogP contribution is -2.39. The molecule has 172 valence electrons. The summed E-state index contributed by atoms with van der Waals surface area (Å²) in [6.45, 7) is 1.47. The molecule has 5 rings (SSSR count). The molecule has 0 atom stereocenters. The van der Waals surface area contributed by atoms with Crippen LogP contribution in [0.25, 0.3) is 27.5 Å². The molecule has 0 unspecified atom stereocenters. The fourth-order valence-electron chi connectivity index (χ4n) is 4.23. The van der Waals surface area contributed by atoms with Gasteiger partial charge in [0.2, 0.25) is 15.9 Å². The van der Waals surface area contributed by atoms with E-state index in [0.29, 0.717) is 41.5 Å². The Labute approximate surface area is 200 Å². The molecule has 0 radical (unpaired) electrons. The number of benzene rings is 2. The summed E-state index contributed by atoms with van der Waals surface area (Å²) in [7, 11) is -3.15. The first kappa shape index (κ1) is 22.1. The van der Waals surface area contributed by atoms with Crippen molar-refractivity contribution in [1.82, 2.24) is 18.9 Å². The molecule has 33 heavy (non-hydrogen) atoms. The van der Waals surface area contributed by atoms with E-state index >= 15 is 0 Å². The molecule has 3 heterocycles. The Hall–Kier alpha value is -2.69. The lowest BCUT2D eigenvalue weighted by molar-refractivity contribution is 0.181. The molecule has 0 spiro atoms. The van der Waals surface area contributed by atoms with E-state index in [4.69, 9.17) is 15.5 Å². The van der Waals surface area contributed by atoms with Crippen molar-refractivity contribution in [2.45, 2.75) is 12.8 Å². The SMILES string of the molecule is CS(=O)(=O)N1CCC(COc2nc3c(-c4ccc5ccccc5c4)cnn3c(N)c2Br)CC1. The van der Waals surface area contributed by atoms with Crippen molar-refractivity contribution in [3.05, 3.63) is 53.1 Å². The molecular formula is C23H24BrN5O3S. The fourth-order valence-corrected chi connectivity index (χ4v) is 5.48. The summed E-state index contributed by atoms with van der Waals surface area (Å²) in [5, 5.41) is 6.74. The van der Waals surface area contributed by atoms with E-state index in [1.807, 2.05) is 12.1 Å². The van der Waals surface area contributed by atoms with Crippen molar-refractivity contribution in [3.8, 4) is 17.0 Å². The topological polar surface area (TPSA) is 103 Å². The molecule has 1 fully saturated rings. The van der Waals surface area contributed by atoms with Gasteiger partial charge in [0, 0.05) is 18.7 Å². The van der Waals surface area contributed by atoms with Gasteiger partial charge >= 0.3 is 0 Å². The maximum Gasteiger partial charge on any atom is 0.233 e.